The zero-order valence-electron chi connectivity index (χ0n) is 15.4. The maximum Gasteiger partial charge on any atom is 0.223 e. The van der Waals surface area contributed by atoms with Crippen LogP contribution in [-0.2, 0) is 16.1 Å². The van der Waals surface area contributed by atoms with E-state index in [9.17, 15) is 9.59 Å². The highest BCUT2D eigenvalue weighted by Crippen LogP contribution is 2.36. The molecule has 1 N–H and O–H groups in total. The highest BCUT2D eigenvalue weighted by atomic mass is 16.2. The van der Waals surface area contributed by atoms with Crippen molar-refractivity contribution in [2.45, 2.75) is 38.8 Å². The average Bonchev–Trinajstić information content (AvgIpc) is 3.19. The summed E-state index contributed by atoms with van der Waals surface area (Å²) in [7, 11) is 1.83. The Morgan fingerprint density at radius 1 is 1.31 bits per heavy atom. The molecule has 2 atom stereocenters. The SMILES string of the molecule is CCCC(=O)NC[C@@H]1CC(=O)N(C)[C@H]1c1cnn(Cc2ccccc2)c1. The van der Waals surface area contributed by atoms with Gasteiger partial charge in [0, 0.05) is 44.1 Å². The van der Waals surface area contributed by atoms with E-state index in [0.29, 0.717) is 25.9 Å². The Kier molecular flexibility index (Phi) is 5.71. The molecule has 0 saturated carbocycles. The van der Waals surface area contributed by atoms with Crippen LogP contribution in [0.1, 0.15) is 43.4 Å². The summed E-state index contributed by atoms with van der Waals surface area (Å²) in [5.74, 6) is 0.233. The first-order chi connectivity index (χ1) is 12.6. The fraction of sp³-hybridized carbons (Fsp3) is 0.450. The van der Waals surface area contributed by atoms with Gasteiger partial charge in [0.2, 0.25) is 11.8 Å². The zero-order valence-corrected chi connectivity index (χ0v) is 15.4. The van der Waals surface area contributed by atoms with Gasteiger partial charge in [-0.3, -0.25) is 14.3 Å². The Bertz CT molecular complexity index is 756. The molecular formula is C20H26N4O2. The molecule has 138 valence electrons. The number of nitrogens with one attached hydrogen (secondary N) is 1. The molecule has 1 saturated heterocycles. The number of hydrogen-bond acceptors (Lipinski definition) is 3. The molecular weight excluding hydrogens is 328 g/mol. The number of aromatic nitrogens is 2. The molecule has 1 aliphatic rings. The number of nitrogens with zero attached hydrogens (tertiary/aromatic N) is 3. The predicted molar refractivity (Wildman–Crippen MR) is 99.3 cm³/mol. The van der Waals surface area contributed by atoms with Crippen LogP contribution in [0.25, 0.3) is 0 Å². The topological polar surface area (TPSA) is 67.2 Å². The minimum atomic E-state index is -0.0473. The summed E-state index contributed by atoms with van der Waals surface area (Å²) >= 11 is 0. The summed E-state index contributed by atoms with van der Waals surface area (Å²) in [6, 6.07) is 10.1. The summed E-state index contributed by atoms with van der Waals surface area (Å²) in [5, 5.41) is 7.43. The van der Waals surface area contributed by atoms with Gasteiger partial charge in [-0.15, -0.1) is 0 Å². The van der Waals surface area contributed by atoms with E-state index in [0.717, 1.165) is 12.0 Å². The lowest BCUT2D eigenvalue weighted by Gasteiger charge is -2.24. The van der Waals surface area contributed by atoms with Gasteiger partial charge < -0.3 is 10.2 Å². The van der Waals surface area contributed by atoms with Crippen LogP contribution in [0.3, 0.4) is 0 Å². The summed E-state index contributed by atoms with van der Waals surface area (Å²) in [6.07, 6.45) is 5.65. The van der Waals surface area contributed by atoms with E-state index in [1.807, 2.05) is 49.2 Å². The lowest BCUT2D eigenvalue weighted by Crippen LogP contribution is -2.32. The van der Waals surface area contributed by atoms with Crippen molar-refractivity contribution in [3.63, 3.8) is 0 Å². The molecule has 6 heteroatoms. The van der Waals surface area contributed by atoms with Crippen molar-refractivity contribution in [2.24, 2.45) is 5.92 Å². The van der Waals surface area contributed by atoms with E-state index in [4.69, 9.17) is 0 Å². The highest BCUT2D eigenvalue weighted by Gasteiger charge is 2.39. The molecule has 0 spiro atoms. The summed E-state index contributed by atoms with van der Waals surface area (Å²) in [6.45, 7) is 3.20. The van der Waals surface area contributed by atoms with Gasteiger partial charge in [0.1, 0.15) is 0 Å². The van der Waals surface area contributed by atoms with Gasteiger partial charge in [0.25, 0.3) is 0 Å². The number of benzene rings is 1. The van der Waals surface area contributed by atoms with Gasteiger partial charge in [-0.05, 0) is 12.0 Å². The molecule has 1 aromatic carbocycles. The van der Waals surface area contributed by atoms with Crippen LogP contribution in [0.15, 0.2) is 42.7 Å². The highest BCUT2D eigenvalue weighted by molar-refractivity contribution is 5.80. The Balaban J connectivity index is 1.70. The molecule has 2 aromatic rings. The number of carbonyl (C=O) groups is 2. The molecule has 1 fully saturated rings. The molecule has 6 nitrogen and oxygen atoms in total. The van der Waals surface area contributed by atoms with Crippen molar-refractivity contribution in [1.29, 1.82) is 0 Å². The maximum absolute atomic E-state index is 12.2. The number of likely N-dealkylation sites (tertiary alicyclic amines) is 1. The molecule has 0 radical (unpaired) electrons. The average molecular weight is 354 g/mol. The molecule has 26 heavy (non-hydrogen) atoms. The summed E-state index contributed by atoms with van der Waals surface area (Å²) < 4.78 is 1.90. The molecule has 2 heterocycles. The molecule has 2 amide bonds. The van der Waals surface area contributed by atoms with E-state index in [1.165, 1.54) is 5.56 Å². The third-order valence-corrected chi connectivity index (χ3v) is 4.91. The van der Waals surface area contributed by atoms with Gasteiger partial charge in [-0.25, -0.2) is 0 Å². The second-order valence-corrected chi connectivity index (χ2v) is 6.92. The van der Waals surface area contributed by atoms with E-state index < -0.39 is 0 Å². The second-order valence-electron chi connectivity index (χ2n) is 6.92. The van der Waals surface area contributed by atoms with Crippen LogP contribution >= 0.6 is 0 Å². The van der Waals surface area contributed by atoms with Crippen molar-refractivity contribution in [2.75, 3.05) is 13.6 Å². The van der Waals surface area contributed by atoms with Crippen molar-refractivity contribution >= 4 is 11.8 Å². The quantitative estimate of drug-likeness (QED) is 0.830. The number of amides is 2. The Hall–Kier alpha value is -2.63. The first-order valence-corrected chi connectivity index (χ1v) is 9.17. The van der Waals surface area contributed by atoms with Crippen molar-refractivity contribution < 1.29 is 9.59 Å². The van der Waals surface area contributed by atoms with Crippen molar-refractivity contribution in [3.05, 3.63) is 53.9 Å². The van der Waals surface area contributed by atoms with E-state index in [1.54, 1.807) is 4.90 Å². The number of carbonyl (C=O) groups excluding carboxylic acids is 2. The van der Waals surface area contributed by atoms with Crippen LogP contribution in [0.2, 0.25) is 0 Å². The molecule has 0 bridgehead atoms. The Morgan fingerprint density at radius 3 is 2.81 bits per heavy atom. The maximum atomic E-state index is 12.2. The third kappa shape index (κ3) is 4.12. The molecule has 0 aliphatic carbocycles. The largest absolute Gasteiger partial charge is 0.356 e. The van der Waals surface area contributed by atoms with Gasteiger partial charge >= 0.3 is 0 Å². The van der Waals surface area contributed by atoms with Crippen LogP contribution in [-0.4, -0.2) is 40.1 Å². The molecule has 1 aromatic heterocycles. The fourth-order valence-electron chi connectivity index (χ4n) is 3.58. The van der Waals surface area contributed by atoms with Crippen LogP contribution in [0.4, 0.5) is 0 Å². The van der Waals surface area contributed by atoms with Crippen LogP contribution < -0.4 is 5.32 Å². The Labute approximate surface area is 154 Å². The molecule has 1 aliphatic heterocycles. The first-order valence-electron chi connectivity index (χ1n) is 9.17. The summed E-state index contributed by atoms with van der Waals surface area (Å²) in [4.78, 5) is 25.8. The Morgan fingerprint density at radius 2 is 2.08 bits per heavy atom. The smallest absolute Gasteiger partial charge is 0.223 e. The van der Waals surface area contributed by atoms with E-state index in [-0.39, 0.29) is 23.8 Å². The first kappa shape index (κ1) is 18.2. The van der Waals surface area contributed by atoms with Gasteiger partial charge in [0.15, 0.2) is 0 Å². The van der Waals surface area contributed by atoms with Crippen molar-refractivity contribution in [1.82, 2.24) is 20.0 Å². The van der Waals surface area contributed by atoms with Crippen LogP contribution in [0, 0.1) is 5.92 Å². The lowest BCUT2D eigenvalue weighted by atomic mass is 9.95. The monoisotopic (exact) mass is 354 g/mol. The normalized spacial score (nSPS) is 19.8. The number of rotatable bonds is 7. The van der Waals surface area contributed by atoms with Crippen molar-refractivity contribution in [3.8, 4) is 0 Å². The standard InChI is InChI=1S/C20H26N4O2/c1-3-7-18(25)21-11-16-10-19(26)23(2)20(16)17-12-22-24(14-17)13-15-8-5-4-6-9-15/h4-6,8-9,12,14,16,20H,3,7,10-11,13H2,1-2H3,(H,21,25)/t16-,20+/m0/s1. The summed E-state index contributed by atoms with van der Waals surface area (Å²) in [5.41, 5.74) is 2.20. The third-order valence-electron chi connectivity index (χ3n) is 4.91. The molecule has 3 rings (SSSR count). The molecule has 0 unspecified atom stereocenters. The zero-order chi connectivity index (χ0) is 18.5. The predicted octanol–water partition coefficient (Wildman–Crippen LogP) is 2.37. The number of hydrogen-bond donors (Lipinski definition) is 1. The minimum absolute atomic E-state index is 0.0473. The van der Waals surface area contributed by atoms with Gasteiger partial charge in [-0.1, -0.05) is 37.3 Å². The fourth-order valence-corrected chi connectivity index (χ4v) is 3.58. The van der Waals surface area contributed by atoms with E-state index in [2.05, 4.69) is 22.5 Å². The van der Waals surface area contributed by atoms with Gasteiger partial charge in [0.05, 0.1) is 18.8 Å². The second kappa shape index (κ2) is 8.17. The minimum Gasteiger partial charge on any atom is -0.356 e. The van der Waals surface area contributed by atoms with E-state index >= 15 is 0 Å². The van der Waals surface area contributed by atoms with Gasteiger partial charge in [-0.2, -0.15) is 5.10 Å². The van der Waals surface area contributed by atoms with Crippen LogP contribution in [0.5, 0.6) is 0 Å². The lowest BCUT2D eigenvalue weighted by molar-refractivity contribution is -0.127.